The fourth-order valence-electron chi connectivity index (χ4n) is 2.55. The first-order valence-electron chi connectivity index (χ1n) is 8.31. The van der Waals surface area contributed by atoms with Gasteiger partial charge in [0.25, 0.3) is 0 Å². The van der Waals surface area contributed by atoms with Crippen LogP contribution in [0.2, 0.25) is 0 Å². The van der Waals surface area contributed by atoms with Crippen molar-refractivity contribution >= 4 is 17.5 Å². The molecule has 10 heteroatoms. The van der Waals surface area contributed by atoms with E-state index in [-0.39, 0.29) is 6.54 Å². The summed E-state index contributed by atoms with van der Waals surface area (Å²) in [7, 11) is 0. The van der Waals surface area contributed by atoms with E-state index in [1.165, 1.54) is 29.2 Å². The Kier molecular flexibility index (Phi) is 5.70. The second-order valence-electron chi connectivity index (χ2n) is 5.99. The number of rotatable bonds is 5. The van der Waals surface area contributed by atoms with Crippen LogP contribution in [-0.2, 0) is 9.59 Å². The van der Waals surface area contributed by atoms with E-state index in [1.807, 2.05) is 6.92 Å². The van der Waals surface area contributed by atoms with Crippen molar-refractivity contribution in [2.45, 2.75) is 13.0 Å². The molecule has 1 unspecified atom stereocenters. The van der Waals surface area contributed by atoms with Gasteiger partial charge in [-0.3, -0.25) is 9.59 Å². The van der Waals surface area contributed by atoms with Gasteiger partial charge in [-0.25, -0.2) is 9.07 Å². The van der Waals surface area contributed by atoms with E-state index in [2.05, 4.69) is 26.2 Å². The Bertz CT molecular complexity index is 993. The van der Waals surface area contributed by atoms with Crippen LogP contribution in [0.25, 0.3) is 5.69 Å². The maximum atomic E-state index is 13.2. The van der Waals surface area contributed by atoms with Crippen LogP contribution in [0.4, 0.5) is 10.1 Å². The molecule has 28 heavy (non-hydrogen) atoms. The second kappa shape index (κ2) is 8.35. The van der Waals surface area contributed by atoms with Crippen molar-refractivity contribution in [3.8, 4) is 5.69 Å². The number of carbonyl (C=O) groups excluding carboxylic acids is 2. The lowest BCUT2D eigenvalue weighted by Crippen LogP contribution is -2.37. The fourth-order valence-corrected chi connectivity index (χ4v) is 2.55. The van der Waals surface area contributed by atoms with Crippen molar-refractivity contribution in [2.24, 2.45) is 0 Å². The first-order valence-corrected chi connectivity index (χ1v) is 8.31. The molecule has 1 atom stereocenters. The van der Waals surface area contributed by atoms with Crippen molar-refractivity contribution < 1.29 is 19.1 Å². The van der Waals surface area contributed by atoms with Gasteiger partial charge >= 0.3 is 11.8 Å². The number of hydrogen-bond donors (Lipinski definition) is 3. The molecular weight excluding hydrogens is 367 g/mol. The molecule has 144 valence electrons. The number of carbonyl (C=O) groups is 2. The van der Waals surface area contributed by atoms with Gasteiger partial charge < -0.3 is 15.7 Å². The van der Waals surface area contributed by atoms with E-state index in [9.17, 15) is 19.1 Å². The van der Waals surface area contributed by atoms with Crippen LogP contribution in [-0.4, -0.2) is 43.7 Å². The molecular formula is C18H17FN6O3. The molecule has 3 N–H and O–H groups in total. The third kappa shape index (κ3) is 4.54. The Morgan fingerprint density at radius 3 is 2.71 bits per heavy atom. The maximum absolute atomic E-state index is 13.2. The maximum Gasteiger partial charge on any atom is 0.313 e. The van der Waals surface area contributed by atoms with Crippen molar-refractivity contribution in [1.29, 1.82) is 0 Å². The normalized spacial score (nSPS) is 11.7. The minimum absolute atomic E-state index is 0.229. The predicted molar refractivity (Wildman–Crippen MR) is 96.9 cm³/mol. The second-order valence-corrected chi connectivity index (χ2v) is 5.99. The first-order chi connectivity index (χ1) is 13.4. The highest BCUT2D eigenvalue weighted by molar-refractivity contribution is 6.39. The van der Waals surface area contributed by atoms with Crippen LogP contribution in [0.3, 0.4) is 0 Å². The zero-order valence-electron chi connectivity index (χ0n) is 14.8. The smallest absolute Gasteiger partial charge is 0.313 e. The molecule has 2 aromatic carbocycles. The number of aromatic nitrogens is 4. The highest BCUT2D eigenvalue weighted by Crippen LogP contribution is 2.18. The molecule has 0 saturated carbocycles. The number of amides is 2. The summed E-state index contributed by atoms with van der Waals surface area (Å²) in [6, 6.07) is 10.4. The lowest BCUT2D eigenvalue weighted by molar-refractivity contribution is -0.136. The zero-order chi connectivity index (χ0) is 20.1. The summed E-state index contributed by atoms with van der Waals surface area (Å²) >= 11 is 0. The van der Waals surface area contributed by atoms with Gasteiger partial charge in [0.2, 0.25) is 0 Å². The number of aryl methyl sites for hydroxylation is 1. The van der Waals surface area contributed by atoms with E-state index >= 15 is 0 Å². The highest BCUT2D eigenvalue weighted by Gasteiger charge is 2.17. The molecule has 0 radical (unpaired) electrons. The monoisotopic (exact) mass is 384 g/mol. The number of benzene rings is 2. The van der Waals surface area contributed by atoms with Gasteiger partial charge in [0.15, 0.2) is 0 Å². The van der Waals surface area contributed by atoms with Crippen molar-refractivity contribution in [1.82, 2.24) is 25.5 Å². The van der Waals surface area contributed by atoms with Crippen LogP contribution in [0, 0.1) is 12.7 Å². The average molecular weight is 384 g/mol. The Labute approximate surface area is 159 Å². The molecule has 0 saturated heterocycles. The zero-order valence-corrected chi connectivity index (χ0v) is 14.8. The van der Waals surface area contributed by atoms with Gasteiger partial charge in [0, 0.05) is 12.2 Å². The van der Waals surface area contributed by atoms with E-state index in [4.69, 9.17) is 0 Å². The van der Waals surface area contributed by atoms with Crippen LogP contribution in [0.15, 0.2) is 48.8 Å². The third-order valence-corrected chi connectivity index (χ3v) is 3.95. The standard InChI is InChI=1S/C18H17FN6O3/c1-11-7-14(5-6-15(11)25-10-21-23-24-25)22-18(28)17(27)20-9-16(26)12-3-2-4-13(19)8-12/h2-8,10,16,26H,9H2,1H3,(H,20,27)(H,22,28). The van der Waals surface area contributed by atoms with Crippen LogP contribution < -0.4 is 10.6 Å². The third-order valence-electron chi connectivity index (χ3n) is 3.95. The lowest BCUT2D eigenvalue weighted by Gasteiger charge is -2.13. The largest absolute Gasteiger partial charge is 0.387 e. The first kappa shape index (κ1) is 19.1. The molecule has 3 rings (SSSR count). The summed E-state index contributed by atoms with van der Waals surface area (Å²) in [4.78, 5) is 24.0. The summed E-state index contributed by atoms with van der Waals surface area (Å²) in [5.74, 6) is -2.31. The van der Waals surface area contributed by atoms with Gasteiger partial charge in [-0.1, -0.05) is 12.1 Å². The van der Waals surface area contributed by atoms with Gasteiger partial charge in [-0.15, -0.1) is 5.10 Å². The summed E-state index contributed by atoms with van der Waals surface area (Å²) in [5.41, 5.74) is 2.23. The van der Waals surface area contributed by atoms with Crippen molar-refractivity contribution in [3.05, 3.63) is 65.7 Å². The number of hydrogen-bond acceptors (Lipinski definition) is 6. The quantitative estimate of drug-likeness (QED) is 0.562. The van der Waals surface area contributed by atoms with Crippen molar-refractivity contribution in [3.63, 3.8) is 0 Å². The van der Waals surface area contributed by atoms with Gasteiger partial charge in [-0.05, 0) is 58.8 Å². The van der Waals surface area contributed by atoms with E-state index in [0.717, 1.165) is 17.3 Å². The number of aliphatic hydroxyl groups excluding tert-OH is 1. The number of nitrogens with one attached hydrogen (secondary N) is 2. The Hall–Kier alpha value is -3.66. The van der Waals surface area contributed by atoms with Crippen LogP contribution in [0.5, 0.6) is 0 Å². The topological polar surface area (TPSA) is 122 Å². The molecule has 2 amide bonds. The van der Waals surface area contributed by atoms with Crippen LogP contribution >= 0.6 is 0 Å². The minimum Gasteiger partial charge on any atom is -0.387 e. The fraction of sp³-hybridized carbons (Fsp3) is 0.167. The summed E-state index contributed by atoms with van der Waals surface area (Å²) < 4.78 is 14.6. The van der Waals surface area contributed by atoms with E-state index < -0.39 is 23.7 Å². The molecule has 3 aromatic rings. The van der Waals surface area contributed by atoms with Gasteiger partial charge in [0.05, 0.1) is 11.8 Å². The van der Waals surface area contributed by atoms with E-state index in [1.54, 1.807) is 18.2 Å². The number of nitrogens with zero attached hydrogens (tertiary/aromatic N) is 4. The number of halogens is 1. The number of tetrazole rings is 1. The van der Waals surface area contributed by atoms with Crippen LogP contribution in [0.1, 0.15) is 17.2 Å². The number of aliphatic hydroxyl groups is 1. The molecule has 0 aliphatic heterocycles. The van der Waals surface area contributed by atoms with Gasteiger partial charge in [-0.2, -0.15) is 0 Å². The Morgan fingerprint density at radius 1 is 1.21 bits per heavy atom. The number of anilines is 1. The summed E-state index contributed by atoms with van der Waals surface area (Å²) in [6.45, 7) is 1.58. The molecule has 1 heterocycles. The highest BCUT2D eigenvalue weighted by atomic mass is 19.1. The average Bonchev–Trinajstić information content (AvgIpc) is 3.20. The molecule has 9 nitrogen and oxygen atoms in total. The van der Waals surface area contributed by atoms with Gasteiger partial charge in [0.1, 0.15) is 12.1 Å². The Morgan fingerprint density at radius 2 is 2.04 bits per heavy atom. The molecule has 0 bridgehead atoms. The summed E-state index contributed by atoms with van der Waals surface area (Å²) in [6.07, 6.45) is 0.308. The molecule has 0 spiro atoms. The molecule has 0 aliphatic rings. The SMILES string of the molecule is Cc1cc(NC(=O)C(=O)NCC(O)c2cccc(F)c2)ccc1-n1cnnn1. The lowest BCUT2D eigenvalue weighted by atomic mass is 10.1. The predicted octanol–water partition coefficient (Wildman–Crippen LogP) is 0.898. The molecule has 0 aliphatic carbocycles. The Balaban J connectivity index is 1.57. The van der Waals surface area contributed by atoms with Crippen molar-refractivity contribution in [2.75, 3.05) is 11.9 Å². The minimum atomic E-state index is -1.13. The molecule has 1 aromatic heterocycles. The molecule has 0 fully saturated rings. The van der Waals surface area contributed by atoms with E-state index in [0.29, 0.717) is 11.3 Å². The summed E-state index contributed by atoms with van der Waals surface area (Å²) in [5, 5.41) is 25.7.